The molecule has 0 amide bonds. The Hall–Kier alpha value is -3.21. The Balaban J connectivity index is 2.01. The molecule has 0 saturated carbocycles. The average molecular weight is 416 g/mol. The summed E-state index contributed by atoms with van der Waals surface area (Å²) in [6, 6.07) is 12.3. The largest absolute Gasteiger partial charge is 0.493 e. The third kappa shape index (κ3) is 3.88. The zero-order valence-electron chi connectivity index (χ0n) is 14.7. The lowest BCUT2D eigenvalue weighted by Gasteiger charge is -2.14. The van der Waals surface area contributed by atoms with E-state index in [1.807, 2.05) is 6.07 Å². The monoisotopic (exact) mass is 415 g/mol. The highest BCUT2D eigenvalue weighted by atomic mass is 35.5. The highest BCUT2D eigenvalue weighted by molar-refractivity contribution is 6.35. The predicted octanol–water partition coefficient (Wildman–Crippen LogP) is 4.07. The molecule has 0 spiro atoms. The van der Waals surface area contributed by atoms with Crippen LogP contribution in [-0.4, -0.2) is 17.1 Å². The lowest BCUT2D eigenvalue weighted by molar-refractivity contribution is 0.285. The van der Waals surface area contributed by atoms with Crippen LogP contribution in [0.15, 0.2) is 36.4 Å². The third-order valence-electron chi connectivity index (χ3n) is 3.94. The van der Waals surface area contributed by atoms with E-state index < -0.39 is 0 Å². The molecular formula is C19H15Cl2N5O2. The molecule has 0 aliphatic rings. The lowest BCUT2D eigenvalue weighted by Crippen LogP contribution is -2.05. The molecule has 28 heavy (non-hydrogen) atoms. The van der Waals surface area contributed by atoms with Gasteiger partial charge in [-0.15, -0.1) is 0 Å². The standard InChI is InChI=1S/C19H15Cl2N5O2/c1-27-15-6-5-10(17-11(8-22)18(23)26-19(24)25-17)7-16(15)28-9-12-13(20)3-2-4-14(12)21/h2-7H,9H2,1H3,(H4,23,24,25,26). The van der Waals surface area contributed by atoms with Crippen LogP contribution in [0.2, 0.25) is 10.0 Å². The molecule has 7 nitrogen and oxygen atoms in total. The van der Waals surface area contributed by atoms with Gasteiger partial charge in [-0.1, -0.05) is 29.3 Å². The number of methoxy groups -OCH3 is 1. The van der Waals surface area contributed by atoms with Gasteiger partial charge >= 0.3 is 0 Å². The fourth-order valence-electron chi connectivity index (χ4n) is 2.57. The van der Waals surface area contributed by atoms with E-state index in [1.54, 1.807) is 36.4 Å². The number of hydrogen-bond donors (Lipinski definition) is 2. The molecule has 3 aromatic rings. The number of rotatable bonds is 5. The SMILES string of the molecule is COc1ccc(-c2nc(N)nc(N)c2C#N)cc1OCc1c(Cl)cccc1Cl. The second-order valence-corrected chi connectivity index (χ2v) is 6.47. The highest BCUT2D eigenvalue weighted by Crippen LogP contribution is 2.35. The molecule has 1 heterocycles. The van der Waals surface area contributed by atoms with Gasteiger partial charge in [0, 0.05) is 21.2 Å². The van der Waals surface area contributed by atoms with E-state index in [9.17, 15) is 5.26 Å². The summed E-state index contributed by atoms with van der Waals surface area (Å²) in [5.41, 5.74) is 13.1. The molecule has 3 rings (SSSR count). The van der Waals surface area contributed by atoms with Crippen LogP contribution < -0.4 is 20.9 Å². The number of nitrogen functional groups attached to an aromatic ring is 2. The fraction of sp³-hybridized carbons (Fsp3) is 0.105. The summed E-state index contributed by atoms with van der Waals surface area (Å²) < 4.78 is 11.2. The smallest absolute Gasteiger partial charge is 0.222 e. The summed E-state index contributed by atoms with van der Waals surface area (Å²) in [7, 11) is 1.52. The van der Waals surface area contributed by atoms with Crippen molar-refractivity contribution in [2.75, 3.05) is 18.6 Å². The van der Waals surface area contributed by atoms with Gasteiger partial charge in [0.1, 0.15) is 24.1 Å². The van der Waals surface area contributed by atoms with Crippen molar-refractivity contribution < 1.29 is 9.47 Å². The van der Waals surface area contributed by atoms with Gasteiger partial charge in [-0.25, -0.2) is 4.98 Å². The van der Waals surface area contributed by atoms with E-state index >= 15 is 0 Å². The van der Waals surface area contributed by atoms with E-state index in [2.05, 4.69) is 9.97 Å². The van der Waals surface area contributed by atoms with Crippen LogP contribution in [0.5, 0.6) is 11.5 Å². The first-order chi connectivity index (χ1) is 13.4. The molecule has 0 aliphatic carbocycles. The Morgan fingerprint density at radius 3 is 2.43 bits per heavy atom. The second-order valence-electron chi connectivity index (χ2n) is 5.66. The summed E-state index contributed by atoms with van der Waals surface area (Å²) in [6.45, 7) is 0.122. The molecule has 0 aliphatic heterocycles. The quantitative estimate of drug-likeness (QED) is 0.643. The number of ether oxygens (including phenoxy) is 2. The molecule has 142 valence electrons. The molecule has 0 fully saturated rings. The number of hydrogen-bond acceptors (Lipinski definition) is 7. The number of nitriles is 1. The van der Waals surface area contributed by atoms with Gasteiger partial charge < -0.3 is 20.9 Å². The Morgan fingerprint density at radius 2 is 1.79 bits per heavy atom. The van der Waals surface area contributed by atoms with Crippen LogP contribution in [0.25, 0.3) is 11.3 Å². The van der Waals surface area contributed by atoms with Crippen molar-refractivity contribution in [1.82, 2.24) is 9.97 Å². The number of halogens is 2. The molecule has 1 aromatic heterocycles. The van der Waals surface area contributed by atoms with Crippen LogP contribution >= 0.6 is 23.2 Å². The number of nitrogens with zero attached hydrogens (tertiary/aromatic N) is 3. The van der Waals surface area contributed by atoms with Gasteiger partial charge in [0.25, 0.3) is 0 Å². The number of anilines is 2. The minimum absolute atomic E-state index is 0.00568. The van der Waals surface area contributed by atoms with Gasteiger partial charge in [0.2, 0.25) is 5.95 Å². The minimum Gasteiger partial charge on any atom is -0.493 e. The number of benzene rings is 2. The molecule has 0 unspecified atom stereocenters. The summed E-state index contributed by atoms with van der Waals surface area (Å²) >= 11 is 12.4. The second kappa shape index (κ2) is 8.21. The number of aromatic nitrogens is 2. The Bertz CT molecular complexity index is 1060. The summed E-state index contributed by atoms with van der Waals surface area (Å²) in [5, 5.41) is 10.4. The Kier molecular flexibility index (Phi) is 5.73. The maximum Gasteiger partial charge on any atom is 0.222 e. The first kappa shape index (κ1) is 19.5. The van der Waals surface area contributed by atoms with Crippen LogP contribution in [0.4, 0.5) is 11.8 Å². The Morgan fingerprint density at radius 1 is 1.07 bits per heavy atom. The van der Waals surface area contributed by atoms with Crippen LogP contribution in [0.1, 0.15) is 11.1 Å². The first-order valence-electron chi connectivity index (χ1n) is 8.01. The highest BCUT2D eigenvalue weighted by Gasteiger charge is 2.16. The zero-order chi connectivity index (χ0) is 20.3. The summed E-state index contributed by atoms with van der Waals surface area (Å²) in [6.07, 6.45) is 0. The fourth-order valence-corrected chi connectivity index (χ4v) is 3.08. The van der Waals surface area contributed by atoms with Gasteiger partial charge in [-0.2, -0.15) is 10.2 Å². The van der Waals surface area contributed by atoms with Gasteiger partial charge in [0.15, 0.2) is 11.5 Å². The van der Waals surface area contributed by atoms with E-state index in [4.69, 9.17) is 44.1 Å². The summed E-state index contributed by atoms with van der Waals surface area (Å²) in [4.78, 5) is 7.96. The summed E-state index contributed by atoms with van der Waals surface area (Å²) in [5.74, 6) is 0.870. The Labute approximate surface area is 171 Å². The maximum atomic E-state index is 9.40. The van der Waals surface area contributed by atoms with Gasteiger partial charge in [0.05, 0.1) is 12.8 Å². The van der Waals surface area contributed by atoms with Crippen LogP contribution in [0, 0.1) is 11.3 Å². The molecule has 0 radical (unpaired) electrons. The van der Waals surface area contributed by atoms with Crippen LogP contribution in [0.3, 0.4) is 0 Å². The van der Waals surface area contributed by atoms with Crippen molar-refractivity contribution in [3.05, 3.63) is 57.6 Å². The molecule has 0 saturated heterocycles. The lowest BCUT2D eigenvalue weighted by atomic mass is 10.1. The molecule has 0 bridgehead atoms. The zero-order valence-corrected chi connectivity index (χ0v) is 16.3. The van der Waals surface area contributed by atoms with E-state index in [0.717, 1.165) is 0 Å². The maximum absolute atomic E-state index is 9.40. The van der Waals surface area contributed by atoms with Crippen LogP contribution in [-0.2, 0) is 6.61 Å². The molecule has 0 atom stereocenters. The van der Waals surface area contributed by atoms with E-state index in [0.29, 0.717) is 38.4 Å². The molecular weight excluding hydrogens is 401 g/mol. The molecule has 9 heteroatoms. The average Bonchev–Trinajstić information content (AvgIpc) is 2.67. The van der Waals surface area contributed by atoms with Gasteiger partial charge in [-0.05, 0) is 30.3 Å². The molecule has 2 aromatic carbocycles. The van der Waals surface area contributed by atoms with Crippen molar-refractivity contribution in [3.63, 3.8) is 0 Å². The minimum atomic E-state index is -0.0346. The first-order valence-corrected chi connectivity index (χ1v) is 8.77. The van der Waals surface area contributed by atoms with Crippen molar-refractivity contribution in [1.29, 1.82) is 5.26 Å². The predicted molar refractivity (Wildman–Crippen MR) is 108 cm³/mol. The van der Waals surface area contributed by atoms with E-state index in [-0.39, 0.29) is 23.9 Å². The number of nitrogens with two attached hydrogens (primary N) is 2. The van der Waals surface area contributed by atoms with Crippen molar-refractivity contribution in [3.8, 4) is 28.8 Å². The van der Waals surface area contributed by atoms with Gasteiger partial charge in [-0.3, -0.25) is 0 Å². The van der Waals surface area contributed by atoms with E-state index in [1.165, 1.54) is 7.11 Å². The van der Waals surface area contributed by atoms with Crippen molar-refractivity contribution in [2.24, 2.45) is 0 Å². The third-order valence-corrected chi connectivity index (χ3v) is 4.65. The topological polar surface area (TPSA) is 120 Å². The molecule has 4 N–H and O–H groups in total. The van der Waals surface area contributed by atoms with Crippen molar-refractivity contribution in [2.45, 2.75) is 6.61 Å². The van der Waals surface area contributed by atoms with Crippen molar-refractivity contribution >= 4 is 35.0 Å². The normalized spacial score (nSPS) is 10.4.